The monoisotopic (exact) mass is 270 g/mol. The van der Waals surface area contributed by atoms with Crippen molar-refractivity contribution in [2.75, 3.05) is 13.2 Å². The van der Waals surface area contributed by atoms with E-state index < -0.39 is 5.60 Å². The van der Waals surface area contributed by atoms with Crippen molar-refractivity contribution in [3.63, 3.8) is 0 Å². The lowest BCUT2D eigenvalue weighted by Crippen LogP contribution is -2.16. The van der Waals surface area contributed by atoms with E-state index in [0.29, 0.717) is 13.2 Å². The summed E-state index contributed by atoms with van der Waals surface area (Å²) >= 11 is 3.46. The summed E-state index contributed by atoms with van der Waals surface area (Å²) in [4.78, 5) is 0. The second-order valence-corrected chi connectivity index (χ2v) is 4.86. The molecule has 1 aliphatic heterocycles. The first-order valence-electron chi connectivity index (χ1n) is 5.01. The summed E-state index contributed by atoms with van der Waals surface area (Å²) in [5.41, 5.74) is 0.265. The Kier molecular flexibility index (Phi) is 1.97. The van der Waals surface area contributed by atoms with Crippen molar-refractivity contribution < 1.29 is 14.6 Å². The lowest BCUT2D eigenvalue weighted by Gasteiger charge is -2.21. The Morgan fingerprint density at radius 2 is 1.73 bits per heavy atom. The zero-order chi connectivity index (χ0) is 10.5. The number of rotatable bonds is 1. The van der Waals surface area contributed by atoms with Gasteiger partial charge in [-0.3, -0.25) is 0 Å². The fraction of sp³-hybridized carbons (Fsp3) is 0.455. The molecule has 0 amide bonds. The van der Waals surface area contributed by atoms with Crippen molar-refractivity contribution in [3.05, 3.63) is 22.2 Å². The van der Waals surface area contributed by atoms with Crippen LogP contribution in [-0.4, -0.2) is 18.3 Å². The number of aliphatic hydroxyl groups is 1. The number of hydrogen-bond donors (Lipinski definition) is 1. The van der Waals surface area contributed by atoms with Gasteiger partial charge < -0.3 is 14.6 Å². The van der Waals surface area contributed by atoms with Gasteiger partial charge in [-0.15, -0.1) is 0 Å². The van der Waals surface area contributed by atoms with Gasteiger partial charge in [0, 0.05) is 10.0 Å². The molecule has 1 saturated carbocycles. The van der Waals surface area contributed by atoms with E-state index in [9.17, 15) is 5.11 Å². The maximum Gasteiger partial charge on any atom is 0.162 e. The number of halogens is 1. The van der Waals surface area contributed by atoms with E-state index in [1.54, 1.807) is 0 Å². The third-order valence-corrected chi connectivity index (χ3v) is 3.51. The van der Waals surface area contributed by atoms with Crippen LogP contribution >= 0.6 is 15.9 Å². The number of fused-ring (bicyclic) bond motifs is 1. The third kappa shape index (κ3) is 1.52. The van der Waals surface area contributed by atoms with Gasteiger partial charge in [0.15, 0.2) is 11.5 Å². The van der Waals surface area contributed by atoms with Crippen LogP contribution in [0.3, 0.4) is 0 Å². The molecule has 1 aromatic carbocycles. The Morgan fingerprint density at radius 3 is 2.33 bits per heavy atom. The summed E-state index contributed by atoms with van der Waals surface area (Å²) < 4.78 is 11.8. The molecule has 1 aliphatic carbocycles. The van der Waals surface area contributed by atoms with E-state index in [2.05, 4.69) is 15.9 Å². The molecule has 15 heavy (non-hydrogen) atoms. The molecule has 0 atom stereocenters. The van der Waals surface area contributed by atoms with Crippen molar-refractivity contribution in [2.45, 2.75) is 18.4 Å². The second-order valence-electron chi connectivity index (χ2n) is 4.01. The van der Waals surface area contributed by atoms with Crippen LogP contribution in [0, 0.1) is 0 Å². The first-order chi connectivity index (χ1) is 7.19. The highest BCUT2D eigenvalue weighted by Crippen LogP contribution is 2.50. The summed E-state index contributed by atoms with van der Waals surface area (Å²) in [5.74, 6) is 1.49. The van der Waals surface area contributed by atoms with Gasteiger partial charge in [0.1, 0.15) is 13.2 Å². The molecule has 3 nitrogen and oxygen atoms in total. The van der Waals surface area contributed by atoms with Crippen molar-refractivity contribution >= 4 is 15.9 Å². The predicted molar refractivity (Wildman–Crippen MR) is 58.3 cm³/mol. The van der Waals surface area contributed by atoms with Crippen molar-refractivity contribution in [3.8, 4) is 11.5 Å². The third-order valence-electron chi connectivity index (χ3n) is 2.86. The molecule has 0 saturated heterocycles. The van der Waals surface area contributed by atoms with Gasteiger partial charge in [0.05, 0.1) is 5.60 Å². The quantitative estimate of drug-likeness (QED) is 0.851. The van der Waals surface area contributed by atoms with Crippen molar-refractivity contribution in [2.24, 2.45) is 0 Å². The first kappa shape index (κ1) is 9.48. The highest BCUT2D eigenvalue weighted by Gasteiger charge is 2.44. The molecule has 0 radical (unpaired) electrons. The highest BCUT2D eigenvalue weighted by molar-refractivity contribution is 9.10. The Balaban J connectivity index is 2.08. The lowest BCUT2D eigenvalue weighted by atomic mass is 10.1. The predicted octanol–water partition coefficient (Wildman–Crippen LogP) is 2.20. The Bertz CT molecular complexity index is 413. The Morgan fingerprint density at radius 1 is 1.13 bits per heavy atom. The lowest BCUT2D eigenvalue weighted by molar-refractivity contribution is 0.146. The molecular weight excluding hydrogens is 260 g/mol. The largest absolute Gasteiger partial charge is 0.486 e. The van der Waals surface area contributed by atoms with E-state index >= 15 is 0 Å². The fourth-order valence-corrected chi connectivity index (χ4v) is 2.50. The molecule has 80 valence electrons. The molecular formula is C11H11BrO3. The topological polar surface area (TPSA) is 38.7 Å². The maximum absolute atomic E-state index is 10.1. The minimum absolute atomic E-state index is 0.576. The van der Waals surface area contributed by atoms with Crippen LogP contribution in [0.1, 0.15) is 18.4 Å². The van der Waals surface area contributed by atoms with Gasteiger partial charge in [-0.2, -0.15) is 0 Å². The van der Waals surface area contributed by atoms with Crippen LogP contribution in [0.2, 0.25) is 0 Å². The van der Waals surface area contributed by atoms with Gasteiger partial charge >= 0.3 is 0 Å². The van der Waals surface area contributed by atoms with E-state index in [1.807, 2.05) is 12.1 Å². The molecule has 0 aromatic heterocycles. The van der Waals surface area contributed by atoms with Crippen LogP contribution < -0.4 is 9.47 Å². The zero-order valence-electron chi connectivity index (χ0n) is 8.12. The Hall–Kier alpha value is -0.740. The fourth-order valence-electron chi connectivity index (χ4n) is 1.81. The van der Waals surface area contributed by atoms with Gasteiger partial charge in [0.2, 0.25) is 0 Å². The molecule has 0 unspecified atom stereocenters. The van der Waals surface area contributed by atoms with E-state index in [1.165, 1.54) is 0 Å². The van der Waals surface area contributed by atoms with Crippen LogP contribution in [0.15, 0.2) is 16.6 Å². The summed E-state index contributed by atoms with van der Waals surface area (Å²) in [5, 5.41) is 10.1. The minimum atomic E-state index is -0.644. The Labute approximate surface area is 96.1 Å². The second kappa shape index (κ2) is 3.12. The normalized spacial score (nSPS) is 21.2. The summed E-state index contributed by atoms with van der Waals surface area (Å²) in [6.07, 6.45) is 1.65. The van der Waals surface area contributed by atoms with E-state index in [-0.39, 0.29) is 0 Å². The number of benzene rings is 1. The molecule has 4 heteroatoms. The van der Waals surface area contributed by atoms with Crippen LogP contribution in [0.25, 0.3) is 0 Å². The smallest absolute Gasteiger partial charge is 0.162 e. The van der Waals surface area contributed by atoms with E-state index in [0.717, 1.165) is 34.4 Å². The van der Waals surface area contributed by atoms with Gasteiger partial charge in [0.25, 0.3) is 0 Å². The minimum Gasteiger partial charge on any atom is -0.486 e. The average molecular weight is 271 g/mol. The van der Waals surface area contributed by atoms with Crippen molar-refractivity contribution in [1.82, 2.24) is 0 Å². The average Bonchev–Trinajstić information content (AvgIpc) is 2.96. The number of ether oxygens (including phenoxy) is 2. The molecule has 1 aromatic rings. The highest BCUT2D eigenvalue weighted by atomic mass is 79.9. The van der Waals surface area contributed by atoms with Crippen LogP contribution in [-0.2, 0) is 5.60 Å². The SMILES string of the molecule is OC1(c2cc3c(cc2Br)OCCO3)CC1. The molecule has 1 fully saturated rings. The van der Waals surface area contributed by atoms with Gasteiger partial charge in [-0.1, -0.05) is 15.9 Å². The summed E-state index contributed by atoms with van der Waals surface area (Å²) in [6.45, 7) is 1.16. The van der Waals surface area contributed by atoms with E-state index in [4.69, 9.17) is 9.47 Å². The molecule has 1 heterocycles. The first-order valence-corrected chi connectivity index (χ1v) is 5.80. The summed E-state index contributed by atoms with van der Waals surface area (Å²) in [7, 11) is 0. The molecule has 0 bridgehead atoms. The molecule has 3 rings (SSSR count). The molecule has 1 N–H and O–H groups in total. The standard InChI is InChI=1S/C11H11BrO3/c12-8-6-10-9(14-3-4-15-10)5-7(8)11(13)1-2-11/h5-6,13H,1-4H2. The van der Waals surface area contributed by atoms with Gasteiger partial charge in [-0.05, 0) is 25.0 Å². The summed E-state index contributed by atoms with van der Waals surface area (Å²) in [6, 6.07) is 3.76. The van der Waals surface area contributed by atoms with Gasteiger partial charge in [-0.25, -0.2) is 0 Å². The number of hydrogen-bond acceptors (Lipinski definition) is 3. The van der Waals surface area contributed by atoms with Crippen LogP contribution in [0.4, 0.5) is 0 Å². The van der Waals surface area contributed by atoms with Crippen molar-refractivity contribution in [1.29, 1.82) is 0 Å². The maximum atomic E-state index is 10.1. The van der Waals surface area contributed by atoms with Crippen LogP contribution in [0.5, 0.6) is 11.5 Å². The molecule has 0 spiro atoms. The zero-order valence-corrected chi connectivity index (χ0v) is 9.71. The molecule has 2 aliphatic rings.